The van der Waals surface area contributed by atoms with Gasteiger partial charge in [0.05, 0.1) is 16.4 Å². The van der Waals surface area contributed by atoms with Crippen LogP contribution in [0.25, 0.3) is 0 Å². The number of hydrogen-bond acceptors (Lipinski definition) is 5. The maximum absolute atomic E-state index is 11.5. The second-order valence-corrected chi connectivity index (χ2v) is 8.46. The van der Waals surface area contributed by atoms with E-state index in [1.807, 2.05) is 0 Å². The van der Waals surface area contributed by atoms with E-state index in [0.29, 0.717) is 12.1 Å². The molecule has 0 amide bonds. The van der Waals surface area contributed by atoms with Gasteiger partial charge < -0.3 is 5.32 Å². The van der Waals surface area contributed by atoms with Crippen LogP contribution in [-0.4, -0.2) is 34.4 Å². The van der Waals surface area contributed by atoms with E-state index >= 15 is 0 Å². The smallest absolute Gasteiger partial charge is 0.238 e. The number of sulfone groups is 1. The van der Waals surface area contributed by atoms with E-state index in [2.05, 4.69) is 5.32 Å². The molecule has 1 aromatic carbocycles. The van der Waals surface area contributed by atoms with E-state index in [4.69, 9.17) is 5.14 Å². The van der Waals surface area contributed by atoms with Crippen molar-refractivity contribution in [1.82, 2.24) is 0 Å². The van der Waals surface area contributed by atoms with Gasteiger partial charge in [0.15, 0.2) is 9.84 Å². The number of sulfonamides is 1. The zero-order chi connectivity index (χ0) is 14.1. The van der Waals surface area contributed by atoms with Gasteiger partial charge in [-0.1, -0.05) is 6.07 Å². The summed E-state index contributed by atoms with van der Waals surface area (Å²) in [6.45, 7) is 0. The Bertz CT molecular complexity index is 668. The summed E-state index contributed by atoms with van der Waals surface area (Å²) >= 11 is 0. The number of hydrogen-bond donors (Lipinski definition) is 2. The lowest BCUT2D eigenvalue weighted by atomic mass is 10.2. The summed E-state index contributed by atoms with van der Waals surface area (Å²) in [5, 5.41) is 8.10. The maximum atomic E-state index is 11.5. The van der Waals surface area contributed by atoms with Crippen LogP contribution >= 0.6 is 0 Å². The predicted octanol–water partition coefficient (Wildman–Crippen LogP) is 0.323. The molecule has 3 N–H and O–H groups in total. The van der Waals surface area contributed by atoms with E-state index in [1.165, 1.54) is 12.1 Å². The second-order valence-electron chi connectivity index (χ2n) is 4.67. The molecule has 1 fully saturated rings. The first kappa shape index (κ1) is 14.3. The van der Waals surface area contributed by atoms with Crippen molar-refractivity contribution in [2.24, 2.45) is 5.14 Å². The van der Waals surface area contributed by atoms with E-state index < -0.39 is 19.9 Å². The highest BCUT2D eigenvalue weighted by Gasteiger charge is 2.24. The Morgan fingerprint density at radius 1 is 1.32 bits per heavy atom. The zero-order valence-electron chi connectivity index (χ0n) is 10.2. The molecule has 1 saturated heterocycles. The predicted molar refractivity (Wildman–Crippen MR) is 73.1 cm³/mol. The Morgan fingerprint density at radius 3 is 2.68 bits per heavy atom. The van der Waals surface area contributed by atoms with Gasteiger partial charge in [0.2, 0.25) is 10.0 Å². The number of primary sulfonamides is 1. The van der Waals surface area contributed by atoms with Crippen molar-refractivity contribution in [3.05, 3.63) is 24.3 Å². The fourth-order valence-corrected chi connectivity index (χ4v) is 4.33. The molecule has 106 valence electrons. The Labute approximate surface area is 113 Å². The minimum Gasteiger partial charge on any atom is -0.381 e. The minimum absolute atomic E-state index is 0.0103. The Balaban J connectivity index is 2.16. The van der Waals surface area contributed by atoms with Gasteiger partial charge in [-0.25, -0.2) is 22.0 Å². The highest BCUT2D eigenvalue weighted by atomic mass is 32.2. The Kier molecular flexibility index (Phi) is 3.84. The first-order valence-electron chi connectivity index (χ1n) is 5.86. The summed E-state index contributed by atoms with van der Waals surface area (Å²) < 4.78 is 45.5. The molecule has 1 atom stereocenters. The Hall–Kier alpha value is -1.12. The molecule has 1 unspecified atom stereocenters. The molecule has 1 aliphatic rings. The molecule has 0 aliphatic carbocycles. The van der Waals surface area contributed by atoms with Crippen LogP contribution in [0.5, 0.6) is 0 Å². The molecule has 0 aromatic heterocycles. The topological polar surface area (TPSA) is 106 Å². The number of nitrogens with two attached hydrogens (primary N) is 1. The van der Waals surface area contributed by atoms with Crippen molar-refractivity contribution in [1.29, 1.82) is 0 Å². The molecular weight excluding hydrogens is 288 g/mol. The molecule has 1 heterocycles. The van der Waals surface area contributed by atoms with Crippen molar-refractivity contribution in [3.63, 3.8) is 0 Å². The summed E-state index contributed by atoms with van der Waals surface area (Å²) in [5.74, 6) is 0.301. The van der Waals surface area contributed by atoms with E-state index in [-0.39, 0.29) is 22.4 Å². The lowest BCUT2D eigenvalue weighted by molar-refractivity contribution is 0.562. The van der Waals surface area contributed by atoms with Crippen molar-refractivity contribution in [2.45, 2.75) is 23.8 Å². The maximum Gasteiger partial charge on any atom is 0.238 e. The average molecular weight is 304 g/mol. The molecular formula is C11H16N2O4S2. The van der Waals surface area contributed by atoms with Gasteiger partial charge in [-0.15, -0.1) is 0 Å². The molecule has 0 radical (unpaired) electrons. The van der Waals surface area contributed by atoms with Gasteiger partial charge in [-0.05, 0) is 31.0 Å². The molecule has 8 heteroatoms. The summed E-state index contributed by atoms with van der Waals surface area (Å²) in [4.78, 5) is 0.0103. The monoisotopic (exact) mass is 304 g/mol. The van der Waals surface area contributed by atoms with Crippen LogP contribution in [-0.2, 0) is 19.9 Å². The third kappa shape index (κ3) is 3.92. The molecule has 1 aliphatic heterocycles. The molecule has 19 heavy (non-hydrogen) atoms. The summed E-state index contributed by atoms with van der Waals surface area (Å²) in [5.41, 5.74) is 0.564. The van der Waals surface area contributed by atoms with Crippen LogP contribution in [0.1, 0.15) is 12.8 Å². The lowest BCUT2D eigenvalue weighted by Gasteiger charge is -2.24. The largest absolute Gasteiger partial charge is 0.381 e. The van der Waals surface area contributed by atoms with Crippen LogP contribution in [0, 0.1) is 0 Å². The summed E-state index contributed by atoms with van der Waals surface area (Å²) in [6.07, 6.45) is 1.37. The van der Waals surface area contributed by atoms with Gasteiger partial charge in [-0.2, -0.15) is 0 Å². The summed E-state index contributed by atoms with van der Waals surface area (Å²) in [7, 11) is -6.74. The highest BCUT2D eigenvalue weighted by molar-refractivity contribution is 7.91. The lowest BCUT2D eigenvalue weighted by Crippen LogP contribution is -2.34. The number of rotatable bonds is 3. The zero-order valence-corrected chi connectivity index (χ0v) is 11.9. The average Bonchev–Trinajstić information content (AvgIpc) is 2.26. The highest BCUT2D eigenvalue weighted by Crippen LogP contribution is 2.19. The first-order valence-corrected chi connectivity index (χ1v) is 9.23. The van der Waals surface area contributed by atoms with Crippen LogP contribution in [0.3, 0.4) is 0 Å². The van der Waals surface area contributed by atoms with E-state index in [0.717, 1.165) is 6.42 Å². The van der Waals surface area contributed by atoms with Crippen molar-refractivity contribution in [3.8, 4) is 0 Å². The van der Waals surface area contributed by atoms with Gasteiger partial charge in [0.25, 0.3) is 0 Å². The molecule has 2 rings (SSSR count). The molecule has 0 bridgehead atoms. The first-order chi connectivity index (χ1) is 8.76. The van der Waals surface area contributed by atoms with Crippen LogP contribution in [0.15, 0.2) is 29.2 Å². The quantitative estimate of drug-likeness (QED) is 0.836. The van der Waals surface area contributed by atoms with Gasteiger partial charge in [-0.3, -0.25) is 0 Å². The molecule has 1 aromatic rings. The van der Waals surface area contributed by atoms with Crippen LogP contribution < -0.4 is 10.5 Å². The number of anilines is 1. The van der Waals surface area contributed by atoms with E-state index in [1.54, 1.807) is 12.1 Å². The van der Waals surface area contributed by atoms with Gasteiger partial charge in [0, 0.05) is 11.7 Å². The number of nitrogens with one attached hydrogen (secondary N) is 1. The second kappa shape index (κ2) is 5.10. The third-order valence-electron chi connectivity index (χ3n) is 3.00. The fourth-order valence-electron chi connectivity index (χ4n) is 2.14. The minimum atomic E-state index is -3.75. The van der Waals surface area contributed by atoms with Gasteiger partial charge >= 0.3 is 0 Å². The Morgan fingerprint density at radius 2 is 2.05 bits per heavy atom. The van der Waals surface area contributed by atoms with Gasteiger partial charge in [0.1, 0.15) is 0 Å². The third-order valence-corrected chi connectivity index (χ3v) is 5.73. The van der Waals surface area contributed by atoms with Crippen molar-refractivity contribution >= 4 is 25.5 Å². The number of benzene rings is 1. The normalized spacial score (nSPS) is 22.9. The van der Waals surface area contributed by atoms with Crippen molar-refractivity contribution in [2.75, 3.05) is 16.8 Å². The molecule has 0 saturated carbocycles. The molecule has 0 spiro atoms. The van der Waals surface area contributed by atoms with Crippen LogP contribution in [0.4, 0.5) is 5.69 Å². The van der Waals surface area contributed by atoms with Crippen LogP contribution in [0.2, 0.25) is 0 Å². The van der Waals surface area contributed by atoms with Crippen molar-refractivity contribution < 1.29 is 16.8 Å². The summed E-state index contributed by atoms with van der Waals surface area (Å²) in [6, 6.07) is 5.89. The standard InChI is InChI=1S/C11H16N2O4S2/c12-19(16,17)11-5-1-3-9(7-11)13-10-4-2-6-18(14,15)8-10/h1,3,5,7,10,13H,2,4,6,8H2,(H2,12,16,17). The van der Waals surface area contributed by atoms with E-state index in [9.17, 15) is 16.8 Å². The SMILES string of the molecule is NS(=O)(=O)c1cccc(NC2CCCS(=O)(=O)C2)c1. The molecule has 6 nitrogen and oxygen atoms in total. The fraction of sp³-hybridized carbons (Fsp3) is 0.455.